The van der Waals surface area contributed by atoms with Crippen LogP contribution < -0.4 is 5.32 Å². The summed E-state index contributed by atoms with van der Waals surface area (Å²) in [7, 11) is -1.18. The van der Waals surface area contributed by atoms with Gasteiger partial charge in [-0.15, -0.1) is 0 Å². The van der Waals surface area contributed by atoms with Gasteiger partial charge in [0, 0.05) is 51.9 Å². The maximum absolute atomic E-state index is 12.1. The van der Waals surface area contributed by atoms with Crippen molar-refractivity contribution in [2.45, 2.75) is 17.9 Å². The van der Waals surface area contributed by atoms with Crippen molar-refractivity contribution in [1.82, 2.24) is 15.1 Å². The Balaban J connectivity index is 1.80. The van der Waals surface area contributed by atoms with Gasteiger partial charge in [0.25, 0.3) is 0 Å². The lowest BCUT2D eigenvalue weighted by Gasteiger charge is -2.28. The molecule has 0 saturated carbocycles. The van der Waals surface area contributed by atoms with Crippen molar-refractivity contribution in [2.75, 3.05) is 46.0 Å². The van der Waals surface area contributed by atoms with E-state index in [0.29, 0.717) is 24.4 Å². The van der Waals surface area contributed by atoms with E-state index in [1.165, 1.54) is 6.26 Å². The first-order valence-electron chi connectivity index (χ1n) is 7.82. The third kappa shape index (κ3) is 5.60. The molecule has 0 aromatic heterocycles. The molecule has 23 heavy (non-hydrogen) atoms. The van der Waals surface area contributed by atoms with Crippen LogP contribution in [-0.4, -0.2) is 70.2 Å². The Morgan fingerprint density at radius 2 is 1.83 bits per heavy atom. The predicted octanol–water partition coefficient (Wildman–Crippen LogP) is 0.344. The summed E-state index contributed by atoms with van der Waals surface area (Å²) in [6.45, 7) is 4.70. The molecule has 1 N–H and O–H groups in total. The summed E-state index contributed by atoms with van der Waals surface area (Å²) in [5.41, 5.74) is 1.04. The molecule has 1 fully saturated rings. The van der Waals surface area contributed by atoms with Crippen LogP contribution in [0.4, 0.5) is 0 Å². The minimum Gasteiger partial charge on any atom is -0.340 e. The summed E-state index contributed by atoms with van der Waals surface area (Å²) in [5, 5.41) is 3.24. The van der Waals surface area contributed by atoms with Gasteiger partial charge in [0.15, 0.2) is 9.84 Å². The van der Waals surface area contributed by atoms with E-state index in [-0.39, 0.29) is 5.91 Å². The molecule has 0 atom stereocenters. The Bertz CT molecular complexity index is 622. The number of carbonyl (C=O) groups excluding carboxylic acids is 1. The van der Waals surface area contributed by atoms with Crippen LogP contribution >= 0.6 is 0 Å². The van der Waals surface area contributed by atoms with Crippen LogP contribution in [-0.2, 0) is 21.2 Å². The van der Waals surface area contributed by atoms with Crippen molar-refractivity contribution in [3.8, 4) is 0 Å². The second-order valence-corrected chi connectivity index (χ2v) is 8.05. The molecule has 1 heterocycles. The smallest absolute Gasteiger partial charge is 0.223 e. The fourth-order valence-electron chi connectivity index (χ4n) is 2.59. The number of hydrogen-bond acceptors (Lipinski definition) is 5. The summed E-state index contributed by atoms with van der Waals surface area (Å²) in [5.74, 6) is 0.200. The average Bonchev–Trinajstić information content (AvgIpc) is 2.53. The summed E-state index contributed by atoms with van der Waals surface area (Å²) >= 11 is 0. The molecular weight excluding hydrogens is 314 g/mol. The SMILES string of the molecule is CN(CCC(=O)N1CCNCC1)Cc1ccc(S(C)(=O)=O)cc1. The topological polar surface area (TPSA) is 69.7 Å². The summed E-state index contributed by atoms with van der Waals surface area (Å²) < 4.78 is 22.9. The normalized spacial score (nSPS) is 15.9. The van der Waals surface area contributed by atoms with E-state index >= 15 is 0 Å². The Kier molecular flexibility index (Phi) is 6.15. The van der Waals surface area contributed by atoms with Gasteiger partial charge in [-0.3, -0.25) is 4.79 Å². The summed E-state index contributed by atoms with van der Waals surface area (Å²) in [4.78, 5) is 16.4. The van der Waals surface area contributed by atoms with Gasteiger partial charge < -0.3 is 15.1 Å². The summed E-state index contributed by atoms with van der Waals surface area (Å²) in [6, 6.07) is 6.91. The molecule has 0 spiro atoms. The Morgan fingerprint density at radius 3 is 2.39 bits per heavy atom. The van der Waals surface area contributed by atoms with E-state index in [1.54, 1.807) is 12.1 Å². The first kappa shape index (κ1) is 17.9. The molecule has 0 radical (unpaired) electrons. The van der Waals surface area contributed by atoms with E-state index in [9.17, 15) is 13.2 Å². The van der Waals surface area contributed by atoms with Crippen LogP contribution in [0.3, 0.4) is 0 Å². The second-order valence-electron chi connectivity index (χ2n) is 6.03. The van der Waals surface area contributed by atoms with Crippen LogP contribution in [0.25, 0.3) is 0 Å². The molecule has 1 amide bonds. The van der Waals surface area contributed by atoms with Crippen molar-refractivity contribution in [3.05, 3.63) is 29.8 Å². The summed E-state index contributed by atoms with van der Waals surface area (Å²) in [6.07, 6.45) is 1.72. The van der Waals surface area contributed by atoms with Crippen LogP contribution in [0.5, 0.6) is 0 Å². The van der Waals surface area contributed by atoms with E-state index in [1.807, 2.05) is 24.1 Å². The molecule has 1 aromatic carbocycles. The van der Waals surface area contributed by atoms with Gasteiger partial charge in [-0.25, -0.2) is 8.42 Å². The van der Waals surface area contributed by atoms with Gasteiger partial charge in [0.2, 0.25) is 5.91 Å². The molecule has 1 aromatic rings. The van der Waals surface area contributed by atoms with Crippen molar-refractivity contribution in [3.63, 3.8) is 0 Å². The number of hydrogen-bond donors (Lipinski definition) is 1. The van der Waals surface area contributed by atoms with Gasteiger partial charge in [-0.1, -0.05) is 12.1 Å². The van der Waals surface area contributed by atoms with E-state index in [4.69, 9.17) is 0 Å². The van der Waals surface area contributed by atoms with Crippen LogP contribution in [0.15, 0.2) is 29.2 Å². The van der Waals surface area contributed by atoms with Gasteiger partial charge in [-0.05, 0) is 24.7 Å². The molecule has 1 saturated heterocycles. The number of carbonyl (C=O) groups is 1. The highest BCUT2D eigenvalue weighted by Crippen LogP contribution is 2.12. The predicted molar refractivity (Wildman–Crippen MR) is 90.0 cm³/mol. The van der Waals surface area contributed by atoms with Crippen LogP contribution in [0.2, 0.25) is 0 Å². The monoisotopic (exact) mass is 339 g/mol. The molecular formula is C16H25N3O3S. The Labute approximate surface area is 138 Å². The molecule has 0 bridgehead atoms. The van der Waals surface area contributed by atoms with Gasteiger partial charge >= 0.3 is 0 Å². The molecule has 0 unspecified atom stereocenters. The lowest BCUT2D eigenvalue weighted by atomic mass is 10.2. The molecule has 2 rings (SSSR count). The molecule has 0 aliphatic carbocycles. The highest BCUT2D eigenvalue weighted by Gasteiger charge is 2.16. The third-order valence-electron chi connectivity index (χ3n) is 3.98. The highest BCUT2D eigenvalue weighted by atomic mass is 32.2. The lowest BCUT2D eigenvalue weighted by Crippen LogP contribution is -2.47. The van der Waals surface area contributed by atoms with Crippen molar-refractivity contribution < 1.29 is 13.2 Å². The zero-order valence-corrected chi connectivity index (χ0v) is 14.6. The number of sulfone groups is 1. The zero-order chi connectivity index (χ0) is 16.9. The van der Waals surface area contributed by atoms with Crippen molar-refractivity contribution in [2.24, 2.45) is 0 Å². The number of rotatable bonds is 6. The Morgan fingerprint density at radius 1 is 1.22 bits per heavy atom. The molecule has 128 valence electrons. The van der Waals surface area contributed by atoms with Gasteiger partial charge in [0.1, 0.15) is 0 Å². The number of piperazine rings is 1. The van der Waals surface area contributed by atoms with Crippen LogP contribution in [0.1, 0.15) is 12.0 Å². The second kappa shape index (κ2) is 7.90. The van der Waals surface area contributed by atoms with Gasteiger partial charge in [0.05, 0.1) is 4.90 Å². The number of nitrogens with one attached hydrogen (secondary N) is 1. The minimum atomic E-state index is -3.15. The molecule has 7 heteroatoms. The fraction of sp³-hybridized carbons (Fsp3) is 0.562. The van der Waals surface area contributed by atoms with E-state index in [0.717, 1.165) is 31.7 Å². The third-order valence-corrected chi connectivity index (χ3v) is 5.11. The number of nitrogens with zero attached hydrogens (tertiary/aromatic N) is 2. The standard InChI is InChI=1S/C16H25N3O3S/c1-18(10-7-16(20)19-11-8-17-9-12-19)13-14-3-5-15(6-4-14)23(2,21)22/h3-6,17H,7-13H2,1-2H3. The van der Waals surface area contributed by atoms with Crippen molar-refractivity contribution in [1.29, 1.82) is 0 Å². The van der Waals surface area contributed by atoms with Crippen molar-refractivity contribution >= 4 is 15.7 Å². The zero-order valence-electron chi connectivity index (χ0n) is 13.8. The Hall–Kier alpha value is -1.44. The lowest BCUT2D eigenvalue weighted by molar-refractivity contribution is -0.132. The maximum Gasteiger partial charge on any atom is 0.223 e. The molecule has 1 aliphatic heterocycles. The highest BCUT2D eigenvalue weighted by molar-refractivity contribution is 7.90. The van der Waals surface area contributed by atoms with Crippen LogP contribution in [0, 0.1) is 0 Å². The van der Waals surface area contributed by atoms with E-state index < -0.39 is 9.84 Å². The quantitative estimate of drug-likeness (QED) is 0.810. The van der Waals surface area contributed by atoms with Gasteiger partial charge in [-0.2, -0.15) is 0 Å². The maximum atomic E-state index is 12.1. The fourth-order valence-corrected chi connectivity index (χ4v) is 3.22. The minimum absolute atomic E-state index is 0.200. The largest absolute Gasteiger partial charge is 0.340 e. The first-order valence-corrected chi connectivity index (χ1v) is 9.71. The first-order chi connectivity index (χ1) is 10.9. The number of benzene rings is 1. The average molecular weight is 339 g/mol. The van der Waals surface area contributed by atoms with E-state index in [2.05, 4.69) is 10.2 Å². The molecule has 1 aliphatic rings. The molecule has 6 nitrogen and oxygen atoms in total. The number of amides is 1.